The Labute approximate surface area is 139 Å². The zero-order valence-corrected chi connectivity index (χ0v) is 14.5. The number of rotatable bonds is 4. The van der Waals surface area contributed by atoms with E-state index in [-0.39, 0.29) is 0 Å². The second-order valence-electron chi connectivity index (χ2n) is 6.49. The maximum atomic E-state index is 2.34. The average molecular weight is 303 g/mol. The van der Waals surface area contributed by atoms with Crippen molar-refractivity contribution in [1.82, 2.24) is 4.57 Å². The lowest BCUT2D eigenvalue weighted by atomic mass is 10.0. The Morgan fingerprint density at radius 1 is 0.826 bits per heavy atom. The van der Waals surface area contributed by atoms with Crippen molar-refractivity contribution in [2.24, 2.45) is 0 Å². The van der Waals surface area contributed by atoms with E-state index in [2.05, 4.69) is 92.9 Å². The summed E-state index contributed by atoms with van der Waals surface area (Å²) in [5.41, 5.74) is 7.77. The van der Waals surface area contributed by atoms with Gasteiger partial charge in [-0.3, -0.25) is 0 Å². The zero-order valence-electron chi connectivity index (χ0n) is 14.5. The summed E-state index contributed by atoms with van der Waals surface area (Å²) < 4.78 is 2.34. The summed E-state index contributed by atoms with van der Waals surface area (Å²) in [6, 6.07) is 22.3. The number of hydrogen-bond donors (Lipinski definition) is 0. The maximum Gasteiger partial charge on any atom is 0.0531 e. The van der Waals surface area contributed by atoms with Crippen LogP contribution in [-0.2, 0) is 6.42 Å². The van der Waals surface area contributed by atoms with Crippen LogP contribution in [0.3, 0.4) is 0 Å². The molecule has 0 aliphatic carbocycles. The molecular weight excluding hydrogens is 278 g/mol. The molecule has 3 aromatic rings. The first-order chi connectivity index (χ1) is 11.1. The van der Waals surface area contributed by atoms with Gasteiger partial charge in [-0.2, -0.15) is 0 Å². The van der Waals surface area contributed by atoms with Gasteiger partial charge in [0, 0.05) is 11.4 Å². The molecule has 0 radical (unpaired) electrons. The van der Waals surface area contributed by atoms with Crippen molar-refractivity contribution in [2.75, 3.05) is 0 Å². The van der Waals surface area contributed by atoms with Gasteiger partial charge < -0.3 is 4.57 Å². The minimum atomic E-state index is 0.566. The molecular formula is C22H25N. The molecule has 0 saturated carbocycles. The molecule has 0 unspecified atom stereocenters. The summed E-state index contributed by atoms with van der Waals surface area (Å²) in [5.74, 6) is 0.566. The largest absolute Gasteiger partial charge is 0.314 e. The van der Waals surface area contributed by atoms with E-state index < -0.39 is 0 Å². The lowest BCUT2D eigenvalue weighted by molar-refractivity contribution is 0.865. The number of aromatic nitrogens is 1. The van der Waals surface area contributed by atoms with Crippen molar-refractivity contribution in [1.29, 1.82) is 0 Å². The summed E-state index contributed by atoms with van der Waals surface area (Å²) in [5, 5.41) is 0. The van der Waals surface area contributed by atoms with E-state index in [0.717, 1.165) is 6.42 Å². The second-order valence-corrected chi connectivity index (χ2v) is 6.49. The molecule has 1 heteroatoms. The van der Waals surface area contributed by atoms with Gasteiger partial charge in [-0.15, -0.1) is 0 Å². The van der Waals surface area contributed by atoms with E-state index in [1.54, 1.807) is 0 Å². The highest BCUT2D eigenvalue weighted by atomic mass is 15.0. The molecule has 0 aliphatic rings. The molecule has 0 spiro atoms. The molecule has 23 heavy (non-hydrogen) atoms. The van der Waals surface area contributed by atoms with E-state index in [1.165, 1.54) is 33.8 Å². The molecule has 3 rings (SSSR count). The predicted molar refractivity (Wildman–Crippen MR) is 99.4 cm³/mol. The van der Waals surface area contributed by atoms with E-state index in [9.17, 15) is 0 Å². The lowest BCUT2D eigenvalue weighted by Gasteiger charge is -2.14. The molecule has 0 bridgehead atoms. The quantitative estimate of drug-likeness (QED) is 0.545. The third-order valence-electron chi connectivity index (χ3n) is 4.55. The molecule has 0 atom stereocenters. The summed E-state index contributed by atoms with van der Waals surface area (Å²) in [6.45, 7) is 8.83. The molecule has 0 amide bonds. The van der Waals surface area contributed by atoms with Crippen LogP contribution in [0.1, 0.15) is 43.5 Å². The fourth-order valence-corrected chi connectivity index (χ4v) is 3.03. The SMILES string of the molecule is CCc1ccc(-c2ccc(C)n2-c2ccc(C(C)C)cc2)cc1. The van der Waals surface area contributed by atoms with E-state index in [1.807, 2.05) is 0 Å². The molecule has 2 aromatic carbocycles. The number of benzene rings is 2. The molecule has 118 valence electrons. The van der Waals surface area contributed by atoms with Gasteiger partial charge in [-0.25, -0.2) is 0 Å². The third kappa shape index (κ3) is 3.10. The molecule has 1 aromatic heterocycles. The van der Waals surface area contributed by atoms with Crippen LogP contribution in [0, 0.1) is 6.92 Å². The first-order valence-corrected chi connectivity index (χ1v) is 8.48. The van der Waals surface area contributed by atoms with Gasteiger partial charge >= 0.3 is 0 Å². The van der Waals surface area contributed by atoms with Crippen LogP contribution in [0.4, 0.5) is 0 Å². The first-order valence-electron chi connectivity index (χ1n) is 8.48. The van der Waals surface area contributed by atoms with Gasteiger partial charge in [0.15, 0.2) is 0 Å². The Morgan fingerprint density at radius 2 is 1.48 bits per heavy atom. The van der Waals surface area contributed by atoms with Crippen LogP contribution in [0.15, 0.2) is 60.7 Å². The fourth-order valence-electron chi connectivity index (χ4n) is 3.03. The van der Waals surface area contributed by atoms with Crippen LogP contribution in [0.2, 0.25) is 0 Å². The summed E-state index contributed by atoms with van der Waals surface area (Å²) in [6.07, 6.45) is 1.08. The van der Waals surface area contributed by atoms with Crippen LogP contribution >= 0.6 is 0 Å². The van der Waals surface area contributed by atoms with Crippen molar-refractivity contribution >= 4 is 0 Å². The van der Waals surface area contributed by atoms with Gasteiger partial charge in [0.2, 0.25) is 0 Å². The van der Waals surface area contributed by atoms with Crippen molar-refractivity contribution in [3.05, 3.63) is 77.5 Å². The van der Waals surface area contributed by atoms with Gasteiger partial charge in [0.25, 0.3) is 0 Å². The smallest absolute Gasteiger partial charge is 0.0531 e. The standard InChI is InChI=1S/C22H25N/c1-5-18-7-9-20(10-8-18)22-15-6-17(4)23(22)21-13-11-19(12-14-21)16(2)3/h6-16H,5H2,1-4H3. The summed E-state index contributed by atoms with van der Waals surface area (Å²) in [4.78, 5) is 0. The summed E-state index contributed by atoms with van der Waals surface area (Å²) >= 11 is 0. The second kappa shape index (κ2) is 6.45. The van der Waals surface area contributed by atoms with Crippen LogP contribution in [-0.4, -0.2) is 4.57 Å². The topological polar surface area (TPSA) is 4.93 Å². The average Bonchev–Trinajstić information content (AvgIpc) is 2.96. The Kier molecular flexibility index (Phi) is 4.38. The Hall–Kier alpha value is -2.28. The van der Waals surface area contributed by atoms with E-state index in [4.69, 9.17) is 0 Å². The minimum absolute atomic E-state index is 0.566. The maximum absolute atomic E-state index is 2.34. The zero-order chi connectivity index (χ0) is 16.4. The van der Waals surface area contributed by atoms with Crippen molar-refractivity contribution in [3.63, 3.8) is 0 Å². The molecule has 1 nitrogen and oxygen atoms in total. The van der Waals surface area contributed by atoms with Crippen molar-refractivity contribution < 1.29 is 0 Å². The normalized spacial score (nSPS) is 11.2. The Morgan fingerprint density at radius 3 is 2.04 bits per heavy atom. The van der Waals surface area contributed by atoms with E-state index in [0.29, 0.717) is 5.92 Å². The number of hydrogen-bond acceptors (Lipinski definition) is 0. The highest BCUT2D eigenvalue weighted by molar-refractivity contribution is 5.64. The monoisotopic (exact) mass is 303 g/mol. The van der Waals surface area contributed by atoms with Crippen LogP contribution in [0.25, 0.3) is 16.9 Å². The lowest BCUT2D eigenvalue weighted by Crippen LogP contribution is -1.99. The van der Waals surface area contributed by atoms with E-state index >= 15 is 0 Å². The van der Waals surface area contributed by atoms with Gasteiger partial charge in [-0.05, 0) is 60.2 Å². The molecule has 0 fully saturated rings. The molecule has 0 aliphatic heterocycles. The minimum Gasteiger partial charge on any atom is -0.314 e. The van der Waals surface area contributed by atoms with Crippen LogP contribution in [0.5, 0.6) is 0 Å². The van der Waals surface area contributed by atoms with Crippen molar-refractivity contribution in [2.45, 2.75) is 40.0 Å². The Bertz CT molecular complexity index is 774. The van der Waals surface area contributed by atoms with Crippen LogP contribution < -0.4 is 0 Å². The van der Waals surface area contributed by atoms with Crippen molar-refractivity contribution in [3.8, 4) is 16.9 Å². The molecule has 0 N–H and O–H groups in total. The number of nitrogens with zero attached hydrogens (tertiary/aromatic N) is 1. The van der Waals surface area contributed by atoms with Gasteiger partial charge in [0.1, 0.15) is 0 Å². The highest BCUT2D eigenvalue weighted by Crippen LogP contribution is 2.27. The number of aryl methyl sites for hydroxylation is 2. The Balaban J connectivity index is 2.04. The van der Waals surface area contributed by atoms with Gasteiger partial charge in [0.05, 0.1) is 5.69 Å². The first kappa shape index (κ1) is 15.6. The molecule has 1 heterocycles. The molecule has 0 saturated heterocycles. The van der Waals surface area contributed by atoms with Gasteiger partial charge in [-0.1, -0.05) is 57.2 Å². The fraction of sp³-hybridized carbons (Fsp3) is 0.273. The highest BCUT2D eigenvalue weighted by Gasteiger charge is 2.10. The predicted octanol–water partition coefficient (Wildman–Crippen LogP) is 6.14. The third-order valence-corrected chi connectivity index (χ3v) is 4.55. The summed E-state index contributed by atoms with van der Waals surface area (Å²) in [7, 11) is 0.